The summed E-state index contributed by atoms with van der Waals surface area (Å²) in [5.41, 5.74) is 4.12. The molecule has 20 heavy (non-hydrogen) atoms. The summed E-state index contributed by atoms with van der Waals surface area (Å²) < 4.78 is 11.0. The molecule has 1 heterocycles. The molecular weight excluding hydrogens is 274 g/mol. The minimum Gasteiger partial charge on any atom is -0.487 e. The van der Waals surface area contributed by atoms with Crippen LogP contribution in [0.25, 0.3) is 0 Å². The smallest absolute Gasteiger partial charge is 0.213 e. The second kappa shape index (κ2) is 6.62. The van der Waals surface area contributed by atoms with Crippen molar-refractivity contribution in [3.63, 3.8) is 0 Å². The maximum absolute atomic E-state index is 5.89. The maximum atomic E-state index is 5.89. The molecule has 0 aliphatic rings. The molecule has 0 unspecified atom stereocenters. The maximum Gasteiger partial charge on any atom is 0.213 e. The summed E-state index contributed by atoms with van der Waals surface area (Å²) in [6, 6.07) is 9.74. The Balaban J connectivity index is 2.14. The molecule has 0 atom stereocenters. The number of rotatable bonds is 5. The molecule has 0 bridgehead atoms. The monoisotopic (exact) mass is 291 g/mol. The van der Waals surface area contributed by atoms with Gasteiger partial charge in [-0.15, -0.1) is 11.6 Å². The summed E-state index contributed by atoms with van der Waals surface area (Å²) >= 11 is 5.86. The van der Waals surface area contributed by atoms with E-state index in [9.17, 15) is 0 Å². The van der Waals surface area contributed by atoms with Crippen molar-refractivity contribution in [2.75, 3.05) is 7.11 Å². The summed E-state index contributed by atoms with van der Waals surface area (Å²) in [5.74, 6) is 2.00. The van der Waals surface area contributed by atoms with Gasteiger partial charge in [-0.05, 0) is 36.6 Å². The zero-order valence-electron chi connectivity index (χ0n) is 11.9. The highest BCUT2D eigenvalue weighted by molar-refractivity contribution is 6.17. The first-order chi connectivity index (χ1) is 9.63. The lowest BCUT2D eigenvalue weighted by Gasteiger charge is -2.13. The van der Waals surface area contributed by atoms with E-state index in [1.807, 2.05) is 44.2 Å². The van der Waals surface area contributed by atoms with Crippen LogP contribution < -0.4 is 9.47 Å². The fourth-order valence-electron chi connectivity index (χ4n) is 2.14. The van der Waals surface area contributed by atoms with Gasteiger partial charge in [-0.1, -0.05) is 18.2 Å². The predicted molar refractivity (Wildman–Crippen MR) is 80.6 cm³/mol. The summed E-state index contributed by atoms with van der Waals surface area (Å²) in [4.78, 5) is 4.33. The van der Waals surface area contributed by atoms with Gasteiger partial charge in [0.25, 0.3) is 0 Å². The van der Waals surface area contributed by atoms with Crippen molar-refractivity contribution in [1.82, 2.24) is 4.98 Å². The van der Waals surface area contributed by atoms with Crippen LogP contribution in [-0.4, -0.2) is 12.1 Å². The van der Waals surface area contributed by atoms with Crippen molar-refractivity contribution < 1.29 is 9.47 Å². The standard InChI is InChI=1S/C16H18ClNO2/c1-11-7-13(9-17)8-12(2)16(11)20-10-14-5-4-6-15(18-14)19-3/h4-8H,9-10H2,1-3H3. The number of halogens is 1. The third-order valence-corrected chi connectivity index (χ3v) is 3.34. The van der Waals surface area contributed by atoms with Gasteiger partial charge < -0.3 is 9.47 Å². The van der Waals surface area contributed by atoms with Gasteiger partial charge in [-0.25, -0.2) is 4.98 Å². The van der Waals surface area contributed by atoms with Crippen LogP contribution >= 0.6 is 11.6 Å². The fourth-order valence-corrected chi connectivity index (χ4v) is 2.30. The molecule has 3 nitrogen and oxygen atoms in total. The molecule has 0 saturated heterocycles. The first-order valence-corrected chi connectivity index (χ1v) is 6.96. The van der Waals surface area contributed by atoms with Crippen molar-refractivity contribution in [1.29, 1.82) is 0 Å². The van der Waals surface area contributed by atoms with E-state index in [2.05, 4.69) is 4.98 Å². The van der Waals surface area contributed by atoms with E-state index in [0.717, 1.165) is 28.1 Å². The Bertz CT molecular complexity index is 576. The molecule has 0 amide bonds. The van der Waals surface area contributed by atoms with Gasteiger partial charge in [0.1, 0.15) is 12.4 Å². The highest BCUT2D eigenvalue weighted by atomic mass is 35.5. The summed E-state index contributed by atoms with van der Waals surface area (Å²) in [5, 5.41) is 0. The quantitative estimate of drug-likeness (QED) is 0.780. The van der Waals surface area contributed by atoms with Crippen LogP contribution in [0.5, 0.6) is 11.6 Å². The van der Waals surface area contributed by atoms with E-state index >= 15 is 0 Å². The largest absolute Gasteiger partial charge is 0.487 e. The number of aryl methyl sites for hydroxylation is 2. The Morgan fingerprint density at radius 2 is 1.85 bits per heavy atom. The van der Waals surface area contributed by atoms with Crippen LogP contribution in [0.1, 0.15) is 22.4 Å². The number of hydrogen-bond acceptors (Lipinski definition) is 3. The van der Waals surface area contributed by atoms with E-state index in [1.54, 1.807) is 7.11 Å². The van der Waals surface area contributed by atoms with E-state index in [1.165, 1.54) is 0 Å². The summed E-state index contributed by atoms with van der Waals surface area (Å²) in [6.45, 7) is 4.47. The average molecular weight is 292 g/mol. The molecule has 0 fully saturated rings. The number of alkyl halides is 1. The second-order valence-corrected chi connectivity index (χ2v) is 4.92. The minimum atomic E-state index is 0.416. The zero-order valence-corrected chi connectivity index (χ0v) is 12.7. The molecule has 0 radical (unpaired) electrons. The molecular formula is C16H18ClNO2. The minimum absolute atomic E-state index is 0.416. The highest BCUT2D eigenvalue weighted by Gasteiger charge is 2.07. The summed E-state index contributed by atoms with van der Waals surface area (Å²) in [7, 11) is 1.60. The van der Waals surface area contributed by atoms with Gasteiger partial charge in [-0.3, -0.25) is 0 Å². The third-order valence-electron chi connectivity index (χ3n) is 3.03. The Morgan fingerprint density at radius 3 is 2.45 bits per heavy atom. The molecule has 2 rings (SSSR count). The molecule has 4 heteroatoms. The van der Waals surface area contributed by atoms with Crippen LogP contribution in [0.15, 0.2) is 30.3 Å². The van der Waals surface area contributed by atoms with E-state index in [4.69, 9.17) is 21.1 Å². The number of hydrogen-bond donors (Lipinski definition) is 0. The third kappa shape index (κ3) is 3.42. The van der Waals surface area contributed by atoms with Gasteiger partial charge in [0.15, 0.2) is 0 Å². The predicted octanol–water partition coefficient (Wildman–Crippen LogP) is 4.02. The van der Waals surface area contributed by atoms with Crippen molar-refractivity contribution in [3.8, 4) is 11.6 Å². The number of pyridine rings is 1. The van der Waals surface area contributed by atoms with Crippen molar-refractivity contribution >= 4 is 11.6 Å². The van der Waals surface area contributed by atoms with Crippen LogP contribution in [0.3, 0.4) is 0 Å². The van der Waals surface area contributed by atoms with E-state index in [0.29, 0.717) is 18.4 Å². The fraction of sp³-hybridized carbons (Fsp3) is 0.312. The highest BCUT2D eigenvalue weighted by Crippen LogP contribution is 2.26. The Hall–Kier alpha value is -1.74. The van der Waals surface area contributed by atoms with Gasteiger partial charge in [0.2, 0.25) is 5.88 Å². The Morgan fingerprint density at radius 1 is 1.15 bits per heavy atom. The van der Waals surface area contributed by atoms with E-state index in [-0.39, 0.29) is 0 Å². The molecule has 1 aromatic carbocycles. The normalized spacial score (nSPS) is 10.4. The molecule has 1 aromatic heterocycles. The summed E-state index contributed by atoms with van der Waals surface area (Å²) in [6.07, 6.45) is 0. The van der Waals surface area contributed by atoms with Gasteiger partial charge in [0.05, 0.1) is 12.8 Å². The molecule has 2 aromatic rings. The Labute approximate surface area is 124 Å². The molecule has 0 spiro atoms. The SMILES string of the molecule is COc1cccc(COc2c(C)cc(CCl)cc2C)n1. The second-order valence-electron chi connectivity index (χ2n) is 4.65. The number of benzene rings is 1. The van der Waals surface area contributed by atoms with Gasteiger partial charge in [0, 0.05) is 11.9 Å². The van der Waals surface area contributed by atoms with Gasteiger partial charge in [-0.2, -0.15) is 0 Å². The molecule has 0 aliphatic heterocycles. The first kappa shape index (κ1) is 14.7. The number of ether oxygens (including phenoxy) is 2. The zero-order chi connectivity index (χ0) is 14.5. The van der Waals surface area contributed by atoms with Crippen molar-refractivity contribution in [2.45, 2.75) is 26.3 Å². The average Bonchev–Trinajstić information content (AvgIpc) is 2.46. The topological polar surface area (TPSA) is 31.4 Å². The van der Waals surface area contributed by atoms with Crippen LogP contribution in [0, 0.1) is 13.8 Å². The molecule has 0 saturated carbocycles. The lowest BCUT2D eigenvalue weighted by Crippen LogP contribution is -2.02. The van der Waals surface area contributed by atoms with Crippen molar-refractivity contribution in [3.05, 3.63) is 52.7 Å². The number of nitrogens with zero attached hydrogens (tertiary/aromatic N) is 1. The van der Waals surface area contributed by atoms with Crippen LogP contribution in [0.4, 0.5) is 0 Å². The molecule has 106 valence electrons. The first-order valence-electron chi connectivity index (χ1n) is 6.43. The van der Waals surface area contributed by atoms with E-state index < -0.39 is 0 Å². The Kier molecular flexibility index (Phi) is 4.85. The lowest BCUT2D eigenvalue weighted by atomic mass is 10.1. The van der Waals surface area contributed by atoms with Crippen LogP contribution in [0.2, 0.25) is 0 Å². The van der Waals surface area contributed by atoms with Gasteiger partial charge >= 0.3 is 0 Å². The van der Waals surface area contributed by atoms with Crippen LogP contribution in [-0.2, 0) is 12.5 Å². The van der Waals surface area contributed by atoms with Crippen molar-refractivity contribution in [2.24, 2.45) is 0 Å². The molecule has 0 N–H and O–H groups in total. The number of methoxy groups -OCH3 is 1. The lowest BCUT2D eigenvalue weighted by molar-refractivity contribution is 0.294. The number of aromatic nitrogens is 1. The molecule has 0 aliphatic carbocycles.